The van der Waals surface area contributed by atoms with Crippen LogP contribution in [-0.2, 0) is 0 Å². The van der Waals surface area contributed by atoms with Gasteiger partial charge in [0.05, 0.1) is 17.1 Å². The number of hydrogen-bond donors (Lipinski definition) is 1. The van der Waals surface area contributed by atoms with E-state index in [0.717, 1.165) is 10.9 Å². The van der Waals surface area contributed by atoms with Crippen LogP contribution in [0.1, 0.15) is 5.56 Å². The average molecular weight is 192 g/mol. The van der Waals surface area contributed by atoms with Gasteiger partial charge in [0.25, 0.3) is 0 Å². The lowest BCUT2D eigenvalue weighted by molar-refractivity contribution is 1.07. The van der Waals surface area contributed by atoms with Crippen LogP contribution < -0.4 is 5.84 Å². The van der Waals surface area contributed by atoms with Gasteiger partial charge in [-0.05, 0) is 18.2 Å². The number of hydrogen-bond acceptors (Lipinski definition) is 2. The van der Waals surface area contributed by atoms with Gasteiger partial charge in [0.1, 0.15) is 0 Å². The Kier molecular flexibility index (Phi) is 1.64. The molecule has 3 nitrogen and oxygen atoms in total. The second-order valence-electron chi connectivity index (χ2n) is 2.72. The number of benzene rings is 1. The van der Waals surface area contributed by atoms with Crippen LogP contribution in [0.2, 0.25) is 5.02 Å². The summed E-state index contributed by atoms with van der Waals surface area (Å²) in [5, 5.41) is 10.2. The Morgan fingerprint density at radius 1 is 1.46 bits per heavy atom. The molecular weight excluding hydrogens is 186 g/mol. The molecule has 13 heavy (non-hydrogen) atoms. The van der Waals surface area contributed by atoms with E-state index in [-0.39, 0.29) is 0 Å². The summed E-state index contributed by atoms with van der Waals surface area (Å²) < 4.78 is 1.45. The van der Waals surface area contributed by atoms with Gasteiger partial charge in [0.2, 0.25) is 0 Å². The summed E-state index contributed by atoms with van der Waals surface area (Å²) in [6, 6.07) is 7.23. The zero-order valence-electron chi connectivity index (χ0n) is 6.66. The fourth-order valence-corrected chi connectivity index (χ4v) is 1.53. The number of aromatic nitrogens is 1. The van der Waals surface area contributed by atoms with Crippen LogP contribution >= 0.6 is 11.6 Å². The Morgan fingerprint density at radius 2 is 2.23 bits per heavy atom. The third-order valence-electron chi connectivity index (χ3n) is 1.92. The van der Waals surface area contributed by atoms with Crippen LogP contribution in [0.5, 0.6) is 0 Å². The van der Waals surface area contributed by atoms with Gasteiger partial charge in [-0.25, -0.2) is 0 Å². The van der Waals surface area contributed by atoms with Crippen molar-refractivity contribution in [1.82, 2.24) is 4.68 Å². The van der Waals surface area contributed by atoms with Gasteiger partial charge < -0.3 is 5.84 Å². The molecule has 0 atom stereocenters. The number of nitrogen functional groups attached to an aromatic ring is 1. The minimum atomic E-state index is 0.523. The summed E-state index contributed by atoms with van der Waals surface area (Å²) in [5.41, 5.74) is 1.32. The fraction of sp³-hybridized carbons (Fsp3) is 0. The maximum atomic E-state index is 8.81. The lowest BCUT2D eigenvalue weighted by atomic mass is 10.1. The predicted molar refractivity (Wildman–Crippen MR) is 51.8 cm³/mol. The van der Waals surface area contributed by atoms with E-state index in [4.69, 9.17) is 22.7 Å². The molecule has 1 aromatic heterocycles. The van der Waals surface area contributed by atoms with Crippen molar-refractivity contribution in [1.29, 1.82) is 5.26 Å². The van der Waals surface area contributed by atoms with Crippen LogP contribution in [0.25, 0.3) is 10.9 Å². The molecule has 2 N–H and O–H groups in total. The number of rotatable bonds is 0. The van der Waals surface area contributed by atoms with Crippen molar-refractivity contribution in [2.45, 2.75) is 0 Å². The maximum Gasteiger partial charge on any atom is 0.0999 e. The highest BCUT2D eigenvalue weighted by atomic mass is 35.5. The van der Waals surface area contributed by atoms with Gasteiger partial charge in [0, 0.05) is 16.6 Å². The van der Waals surface area contributed by atoms with Gasteiger partial charge >= 0.3 is 0 Å². The van der Waals surface area contributed by atoms with Gasteiger partial charge in [-0.15, -0.1) is 0 Å². The summed E-state index contributed by atoms with van der Waals surface area (Å²) in [7, 11) is 0. The molecule has 0 unspecified atom stereocenters. The van der Waals surface area contributed by atoms with E-state index in [9.17, 15) is 0 Å². The van der Waals surface area contributed by atoms with Crippen molar-refractivity contribution in [2.24, 2.45) is 0 Å². The zero-order valence-corrected chi connectivity index (χ0v) is 7.42. The average Bonchev–Trinajstić information content (AvgIpc) is 2.47. The standard InChI is InChI=1S/C9H6ClN3/c10-7-3-6(5-11)8-1-2-13(12)9(8)4-7/h1-4H,12H2. The predicted octanol–water partition coefficient (Wildman–Crippen LogP) is 1.88. The molecule has 0 bridgehead atoms. The SMILES string of the molecule is N#Cc1cc(Cl)cc2c1ccn2N. The number of halogens is 1. The molecule has 0 amide bonds. The minimum Gasteiger partial charge on any atom is -0.339 e. The zero-order chi connectivity index (χ0) is 9.42. The van der Waals surface area contributed by atoms with Gasteiger partial charge in [-0.3, -0.25) is 4.68 Å². The Morgan fingerprint density at radius 3 is 2.92 bits per heavy atom. The molecular formula is C9H6ClN3. The molecule has 0 aliphatic carbocycles. The first kappa shape index (κ1) is 7.96. The largest absolute Gasteiger partial charge is 0.339 e. The number of fused-ring (bicyclic) bond motifs is 1. The quantitative estimate of drug-likeness (QED) is 0.647. The smallest absolute Gasteiger partial charge is 0.0999 e. The van der Waals surface area contributed by atoms with Crippen molar-refractivity contribution in [3.05, 3.63) is 35.0 Å². The van der Waals surface area contributed by atoms with Crippen molar-refractivity contribution in [3.8, 4) is 6.07 Å². The van der Waals surface area contributed by atoms with Crippen LogP contribution in [0.15, 0.2) is 24.4 Å². The first-order valence-electron chi connectivity index (χ1n) is 3.68. The number of nitrogens with two attached hydrogens (primary N) is 1. The van der Waals surface area contributed by atoms with E-state index in [1.165, 1.54) is 4.68 Å². The second-order valence-corrected chi connectivity index (χ2v) is 3.16. The summed E-state index contributed by atoms with van der Waals surface area (Å²) in [5.74, 6) is 5.62. The van der Waals surface area contributed by atoms with Gasteiger partial charge in [-0.1, -0.05) is 11.6 Å². The Balaban J connectivity index is 2.94. The Hall–Kier alpha value is -1.66. The molecule has 64 valence electrons. The highest BCUT2D eigenvalue weighted by molar-refractivity contribution is 6.31. The Labute approximate surface area is 79.9 Å². The van der Waals surface area contributed by atoms with Crippen LogP contribution in [-0.4, -0.2) is 4.68 Å². The van der Waals surface area contributed by atoms with Crippen molar-refractivity contribution < 1.29 is 0 Å². The third kappa shape index (κ3) is 1.12. The Bertz CT molecular complexity index is 507. The van der Waals surface area contributed by atoms with E-state index in [0.29, 0.717) is 10.6 Å². The van der Waals surface area contributed by atoms with Crippen molar-refractivity contribution in [2.75, 3.05) is 5.84 Å². The summed E-state index contributed by atoms with van der Waals surface area (Å²) in [6.07, 6.45) is 1.70. The molecule has 4 heteroatoms. The van der Waals surface area contributed by atoms with Gasteiger partial charge in [-0.2, -0.15) is 5.26 Å². The van der Waals surface area contributed by atoms with Gasteiger partial charge in [0.15, 0.2) is 0 Å². The first-order valence-corrected chi connectivity index (χ1v) is 4.06. The highest BCUT2D eigenvalue weighted by Crippen LogP contribution is 2.23. The van der Waals surface area contributed by atoms with E-state index in [1.807, 2.05) is 0 Å². The van der Waals surface area contributed by atoms with E-state index in [1.54, 1.807) is 24.4 Å². The topological polar surface area (TPSA) is 54.7 Å². The number of nitrogens with zero attached hydrogens (tertiary/aromatic N) is 2. The third-order valence-corrected chi connectivity index (χ3v) is 2.14. The second kappa shape index (κ2) is 2.68. The summed E-state index contributed by atoms with van der Waals surface area (Å²) in [4.78, 5) is 0. The lowest BCUT2D eigenvalue weighted by Crippen LogP contribution is -2.04. The highest BCUT2D eigenvalue weighted by Gasteiger charge is 2.05. The maximum absolute atomic E-state index is 8.81. The van der Waals surface area contributed by atoms with E-state index >= 15 is 0 Å². The normalized spacial score (nSPS) is 10.2. The van der Waals surface area contributed by atoms with Crippen molar-refractivity contribution >= 4 is 22.5 Å². The summed E-state index contributed by atoms with van der Waals surface area (Å²) in [6.45, 7) is 0. The lowest BCUT2D eigenvalue weighted by Gasteiger charge is -1.98. The molecule has 1 heterocycles. The molecule has 0 radical (unpaired) electrons. The fourth-order valence-electron chi connectivity index (χ4n) is 1.32. The molecule has 2 rings (SSSR count). The molecule has 1 aromatic carbocycles. The van der Waals surface area contributed by atoms with Crippen LogP contribution in [0.4, 0.5) is 0 Å². The molecule has 0 fully saturated rings. The van der Waals surface area contributed by atoms with Crippen molar-refractivity contribution in [3.63, 3.8) is 0 Å². The van der Waals surface area contributed by atoms with Crippen LogP contribution in [0, 0.1) is 11.3 Å². The minimum absolute atomic E-state index is 0.523. The molecule has 2 aromatic rings. The van der Waals surface area contributed by atoms with E-state index < -0.39 is 0 Å². The molecule has 0 spiro atoms. The summed E-state index contributed by atoms with van der Waals surface area (Å²) >= 11 is 5.81. The molecule has 0 aliphatic rings. The van der Waals surface area contributed by atoms with Crippen LogP contribution in [0.3, 0.4) is 0 Å². The molecule has 0 saturated carbocycles. The number of nitriles is 1. The first-order chi connectivity index (χ1) is 6.22. The van der Waals surface area contributed by atoms with E-state index in [2.05, 4.69) is 6.07 Å². The monoisotopic (exact) mass is 191 g/mol. The molecule has 0 aliphatic heterocycles. The molecule has 0 saturated heterocycles.